The van der Waals surface area contributed by atoms with E-state index in [1.807, 2.05) is 44.2 Å². The molecule has 3 aromatic rings. The van der Waals surface area contributed by atoms with E-state index in [2.05, 4.69) is 25.6 Å². The first-order valence-corrected chi connectivity index (χ1v) is 11.5. The molecule has 0 saturated carbocycles. The zero-order chi connectivity index (χ0) is 26.4. The van der Waals surface area contributed by atoms with Gasteiger partial charge in [0.1, 0.15) is 5.75 Å². The second-order valence-corrected chi connectivity index (χ2v) is 8.42. The number of allylic oxidation sites excluding steroid dienone is 3. The lowest BCUT2D eigenvalue weighted by Crippen LogP contribution is -1.97. The van der Waals surface area contributed by atoms with Crippen molar-refractivity contribution in [2.45, 2.75) is 20.8 Å². The van der Waals surface area contributed by atoms with Crippen LogP contribution in [-0.4, -0.2) is 32.4 Å². The van der Waals surface area contributed by atoms with Gasteiger partial charge in [-0.2, -0.15) is 0 Å². The second-order valence-electron chi connectivity index (χ2n) is 8.42. The maximum absolute atomic E-state index is 11.3. The van der Waals surface area contributed by atoms with E-state index < -0.39 is 5.97 Å². The summed E-state index contributed by atoms with van der Waals surface area (Å²) in [4.78, 5) is 11.3. The first-order valence-electron chi connectivity index (χ1n) is 11.5. The predicted octanol–water partition coefficient (Wildman–Crippen LogP) is 7.70. The summed E-state index contributed by atoms with van der Waals surface area (Å²) in [5, 5.41) is 9.27. The standard InChI is InChI=1S/C31H32O5/c1-8-9-23-15-28(34-5)27(21-10-12-22(13-11-21)31(32)33)17-26(23)20(4)14-24-16-29(35-6)30(36-7)18-25(24)19(2)3/h8-18H,2H2,1,3-7H3,(H,32,33)/b9-8-,20-14+. The average molecular weight is 485 g/mol. The van der Waals surface area contributed by atoms with Gasteiger partial charge in [0.2, 0.25) is 0 Å². The minimum atomic E-state index is -0.959. The quantitative estimate of drug-likeness (QED) is 0.315. The summed E-state index contributed by atoms with van der Waals surface area (Å²) in [6.45, 7) is 10.1. The fourth-order valence-electron chi connectivity index (χ4n) is 4.14. The molecule has 0 fully saturated rings. The van der Waals surface area contributed by atoms with Crippen LogP contribution in [0.3, 0.4) is 0 Å². The molecule has 0 heterocycles. The third kappa shape index (κ3) is 5.52. The second kappa shape index (κ2) is 11.5. The maximum Gasteiger partial charge on any atom is 0.335 e. The third-order valence-electron chi connectivity index (χ3n) is 5.97. The Hall–Kier alpha value is -4.25. The summed E-state index contributed by atoms with van der Waals surface area (Å²) in [5.74, 6) is 1.04. The Balaban J connectivity index is 2.23. The number of aromatic carboxylic acids is 1. The van der Waals surface area contributed by atoms with Crippen LogP contribution in [0, 0.1) is 0 Å². The Bertz CT molecular complexity index is 1340. The van der Waals surface area contributed by atoms with Crippen LogP contribution in [0.15, 0.2) is 61.2 Å². The highest BCUT2D eigenvalue weighted by atomic mass is 16.5. The molecule has 0 amide bonds. The number of hydrogen-bond donors (Lipinski definition) is 1. The summed E-state index contributed by atoms with van der Waals surface area (Å²) >= 11 is 0. The molecule has 0 atom stereocenters. The zero-order valence-corrected chi connectivity index (χ0v) is 21.6. The Kier molecular flexibility index (Phi) is 8.38. The SMILES string of the molecule is C=C(C)c1cc(OC)c(OC)cc1/C=C(\C)c1cc(-c2ccc(C(=O)O)cc2)c(OC)cc1/C=C\C. The number of methoxy groups -OCH3 is 3. The lowest BCUT2D eigenvalue weighted by atomic mass is 9.91. The highest BCUT2D eigenvalue weighted by Crippen LogP contribution is 2.39. The molecule has 3 rings (SSSR count). The van der Waals surface area contributed by atoms with Crippen LogP contribution >= 0.6 is 0 Å². The molecule has 0 radical (unpaired) electrons. The van der Waals surface area contributed by atoms with E-state index in [0.717, 1.165) is 44.5 Å². The molecule has 1 N–H and O–H groups in total. The number of rotatable bonds is 9. The van der Waals surface area contributed by atoms with Gasteiger partial charge in [-0.25, -0.2) is 4.79 Å². The van der Waals surface area contributed by atoms with Crippen molar-refractivity contribution in [3.63, 3.8) is 0 Å². The number of benzene rings is 3. The van der Waals surface area contributed by atoms with E-state index >= 15 is 0 Å². The molecule has 186 valence electrons. The number of hydrogen-bond acceptors (Lipinski definition) is 4. The molecule has 0 bridgehead atoms. The van der Waals surface area contributed by atoms with Crippen LogP contribution < -0.4 is 14.2 Å². The van der Waals surface area contributed by atoms with Gasteiger partial charge in [-0.3, -0.25) is 0 Å². The van der Waals surface area contributed by atoms with E-state index in [1.54, 1.807) is 45.6 Å². The summed E-state index contributed by atoms with van der Waals surface area (Å²) < 4.78 is 16.7. The monoisotopic (exact) mass is 484 g/mol. The van der Waals surface area contributed by atoms with Crippen molar-refractivity contribution in [3.8, 4) is 28.4 Å². The molecule has 36 heavy (non-hydrogen) atoms. The average Bonchev–Trinajstić information content (AvgIpc) is 2.88. The maximum atomic E-state index is 11.3. The highest BCUT2D eigenvalue weighted by molar-refractivity contribution is 5.92. The first kappa shape index (κ1) is 26.4. The molecule has 0 aliphatic rings. The lowest BCUT2D eigenvalue weighted by molar-refractivity contribution is 0.0697. The van der Waals surface area contributed by atoms with Gasteiger partial charge in [-0.05, 0) is 90.6 Å². The third-order valence-corrected chi connectivity index (χ3v) is 5.97. The summed E-state index contributed by atoms with van der Waals surface area (Å²) in [6, 6.07) is 14.8. The summed E-state index contributed by atoms with van der Waals surface area (Å²) in [7, 11) is 4.87. The number of carboxylic acids is 1. The molecular formula is C31H32O5. The molecule has 0 aromatic heterocycles. The normalized spacial score (nSPS) is 11.4. The molecule has 0 spiro atoms. The van der Waals surface area contributed by atoms with Gasteiger partial charge < -0.3 is 19.3 Å². The Morgan fingerprint density at radius 1 is 0.833 bits per heavy atom. The summed E-state index contributed by atoms with van der Waals surface area (Å²) in [5.41, 5.74) is 7.89. The van der Waals surface area contributed by atoms with E-state index in [0.29, 0.717) is 17.2 Å². The number of carboxylic acid groups (broad SMARTS) is 1. The molecule has 0 saturated heterocycles. The van der Waals surface area contributed by atoms with Crippen LogP contribution in [0.5, 0.6) is 17.2 Å². The smallest absolute Gasteiger partial charge is 0.335 e. The molecule has 0 aliphatic carbocycles. The van der Waals surface area contributed by atoms with Gasteiger partial charge in [0, 0.05) is 5.56 Å². The van der Waals surface area contributed by atoms with E-state index in [9.17, 15) is 9.90 Å². The van der Waals surface area contributed by atoms with Crippen molar-refractivity contribution in [1.29, 1.82) is 0 Å². The summed E-state index contributed by atoms with van der Waals surface area (Å²) in [6.07, 6.45) is 6.14. The molecule has 5 heteroatoms. The number of ether oxygens (including phenoxy) is 3. The van der Waals surface area contributed by atoms with Crippen molar-refractivity contribution in [2.24, 2.45) is 0 Å². The van der Waals surface area contributed by atoms with Gasteiger partial charge in [0.15, 0.2) is 11.5 Å². The van der Waals surface area contributed by atoms with Gasteiger partial charge >= 0.3 is 5.97 Å². The minimum Gasteiger partial charge on any atom is -0.496 e. The first-order chi connectivity index (χ1) is 17.2. The van der Waals surface area contributed by atoms with E-state index in [1.165, 1.54) is 0 Å². The van der Waals surface area contributed by atoms with Crippen molar-refractivity contribution in [1.82, 2.24) is 0 Å². The minimum absolute atomic E-state index is 0.236. The van der Waals surface area contributed by atoms with Crippen LogP contribution in [0.2, 0.25) is 0 Å². The van der Waals surface area contributed by atoms with Crippen molar-refractivity contribution in [3.05, 3.63) is 89.0 Å². The zero-order valence-electron chi connectivity index (χ0n) is 21.6. The van der Waals surface area contributed by atoms with Crippen LogP contribution in [0.1, 0.15) is 53.4 Å². The Labute approximate surface area is 213 Å². The van der Waals surface area contributed by atoms with Crippen molar-refractivity contribution in [2.75, 3.05) is 21.3 Å². The van der Waals surface area contributed by atoms with E-state index in [4.69, 9.17) is 14.2 Å². The van der Waals surface area contributed by atoms with E-state index in [-0.39, 0.29) is 5.56 Å². The molecule has 0 unspecified atom stereocenters. The van der Waals surface area contributed by atoms with Gasteiger partial charge in [0.05, 0.1) is 26.9 Å². The number of carbonyl (C=O) groups is 1. The van der Waals surface area contributed by atoms with Gasteiger partial charge in [-0.15, -0.1) is 0 Å². The molecule has 3 aromatic carbocycles. The predicted molar refractivity (Wildman–Crippen MR) is 148 cm³/mol. The van der Waals surface area contributed by atoms with Crippen molar-refractivity contribution < 1.29 is 24.1 Å². The highest BCUT2D eigenvalue weighted by Gasteiger charge is 2.15. The lowest BCUT2D eigenvalue weighted by Gasteiger charge is -2.17. The Morgan fingerprint density at radius 2 is 1.42 bits per heavy atom. The van der Waals surface area contributed by atoms with Crippen LogP contribution in [0.25, 0.3) is 34.4 Å². The van der Waals surface area contributed by atoms with Crippen LogP contribution in [-0.2, 0) is 0 Å². The van der Waals surface area contributed by atoms with Crippen LogP contribution in [0.4, 0.5) is 0 Å². The van der Waals surface area contributed by atoms with Gasteiger partial charge in [0.25, 0.3) is 0 Å². The Morgan fingerprint density at radius 3 is 1.94 bits per heavy atom. The largest absolute Gasteiger partial charge is 0.496 e. The molecular weight excluding hydrogens is 452 g/mol. The topological polar surface area (TPSA) is 65.0 Å². The fraction of sp³-hybridized carbons (Fsp3) is 0.194. The molecule has 5 nitrogen and oxygen atoms in total. The van der Waals surface area contributed by atoms with Gasteiger partial charge in [-0.1, -0.05) is 42.5 Å². The fourth-order valence-corrected chi connectivity index (χ4v) is 4.14. The molecule has 0 aliphatic heterocycles. The van der Waals surface area contributed by atoms with Crippen molar-refractivity contribution >= 4 is 29.3 Å².